The molecule has 0 saturated carbocycles. The fraction of sp³-hybridized carbons (Fsp3) is 0.444. The fourth-order valence-corrected chi connectivity index (χ4v) is 4.84. The minimum atomic E-state index is 0.00386. The van der Waals surface area contributed by atoms with E-state index in [1.165, 1.54) is 10.4 Å². The van der Waals surface area contributed by atoms with Crippen molar-refractivity contribution in [1.82, 2.24) is 19.5 Å². The summed E-state index contributed by atoms with van der Waals surface area (Å²) in [4.78, 5) is 28.3. The average Bonchev–Trinajstić information content (AvgIpc) is 2.94. The van der Waals surface area contributed by atoms with Gasteiger partial charge in [0.15, 0.2) is 0 Å². The van der Waals surface area contributed by atoms with Crippen molar-refractivity contribution in [3.05, 3.63) is 51.4 Å². The molecule has 3 aromatic heterocycles. The van der Waals surface area contributed by atoms with Crippen molar-refractivity contribution < 1.29 is 0 Å². The smallest absolute Gasteiger partial charge is 0.262 e. The summed E-state index contributed by atoms with van der Waals surface area (Å²) in [6.07, 6.45) is 10.7. The third kappa shape index (κ3) is 2.65. The largest absolute Gasteiger partial charge is 0.295 e. The predicted octanol–water partition coefficient (Wildman–Crippen LogP) is 3.18. The van der Waals surface area contributed by atoms with Gasteiger partial charge in [-0.15, -0.1) is 11.3 Å². The Morgan fingerprint density at radius 1 is 1.38 bits per heavy atom. The maximum atomic E-state index is 13.1. The van der Waals surface area contributed by atoms with E-state index in [-0.39, 0.29) is 11.6 Å². The second-order valence-electron chi connectivity index (χ2n) is 6.74. The molecule has 0 aromatic carbocycles. The van der Waals surface area contributed by atoms with Gasteiger partial charge in [-0.2, -0.15) is 0 Å². The molecule has 24 heavy (non-hydrogen) atoms. The van der Waals surface area contributed by atoms with E-state index in [0.29, 0.717) is 12.3 Å². The van der Waals surface area contributed by atoms with E-state index in [0.717, 1.165) is 35.2 Å². The van der Waals surface area contributed by atoms with Gasteiger partial charge >= 0.3 is 0 Å². The normalized spacial score (nSPS) is 18.5. The van der Waals surface area contributed by atoms with Gasteiger partial charge in [0.25, 0.3) is 5.56 Å². The molecule has 3 heterocycles. The van der Waals surface area contributed by atoms with Crippen molar-refractivity contribution in [2.45, 2.75) is 45.6 Å². The molecule has 1 aliphatic rings. The van der Waals surface area contributed by atoms with Gasteiger partial charge in [-0.1, -0.05) is 6.92 Å². The first kappa shape index (κ1) is 15.4. The minimum Gasteiger partial charge on any atom is -0.295 e. The Morgan fingerprint density at radius 3 is 3.04 bits per heavy atom. The molecule has 124 valence electrons. The summed E-state index contributed by atoms with van der Waals surface area (Å²) in [5.41, 5.74) is 2.22. The summed E-state index contributed by atoms with van der Waals surface area (Å²) in [5, 5.41) is 0.843. The molecule has 0 amide bonds. The van der Waals surface area contributed by atoms with Crippen LogP contribution in [0.25, 0.3) is 10.2 Å². The Morgan fingerprint density at radius 2 is 2.25 bits per heavy atom. The topological polar surface area (TPSA) is 60.7 Å². The van der Waals surface area contributed by atoms with Crippen LogP contribution in [0.4, 0.5) is 0 Å². The Hall–Kier alpha value is -2.08. The molecule has 5 nitrogen and oxygen atoms in total. The Bertz CT molecular complexity index is 931. The van der Waals surface area contributed by atoms with Crippen molar-refractivity contribution in [2.75, 3.05) is 0 Å². The molecular formula is C18H20N4OS. The zero-order chi connectivity index (χ0) is 16.7. The lowest BCUT2D eigenvalue weighted by atomic mass is 9.89. The van der Waals surface area contributed by atoms with Gasteiger partial charge in [-0.25, -0.2) is 4.98 Å². The van der Waals surface area contributed by atoms with Crippen molar-refractivity contribution >= 4 is 21.6 Å². The molecule has 0 radical (unpaired) electrons. The molecular weight excluding hydrogens is 320 g/mol. The summed E-state index contributed by atoms with van der Waals surface area (Å²) >= 11 is 1.70. The van der Waals surface area contributed by atoms with Crippen LogP contribution in [0.5, 0.6) is 0 Å². The van der Waals surface area contributed by atoms with Crippen LogP contribution in [-0.2, 0) is 19.3 Å². The molecule has 6 heteroatoms. The van der Waals surface area contributed by atoms with Crippen molar-refractivity contribution in [2.24, 2.45) is 5.92 Å². The summed E-state index contributed by atoms with van der Waals surface area (Å²) in [6, 6.07) is 0.00386. The molecule has 0 fully saturated rings. The number of thiophene rings is 1. The van der Waals surface area contributed by atoms with Crippen LogP contribution in [0.15, 0.2) is 29.7 Å². The maximum Gasteiger partial charge on any atom is 0.262 e. The van der Waals surface area contributed by atoms with Crippen LogP contribution in [0, 0.1) is 5.92 Å². The molecule has 4 rings (SSSR count). The summed E-state index contributed by atoms with van der Waals surface area (Å²) < 4.78 is 1.75. The second-order valence-corrected chi connectivity index (χ2v) is 7.82. The first-order valence-corrected chi connectivity index (χ1v) is 9.21. The van der Waals surface area contributed by atoms with E-state index in [1.54, 1.807) is 40.8 Å². The van der Waals surface area contributed by atoms with Crippen LogP contribution in [0.1, 0.15) is 42.4 Å². The predicted molar refractivity (Wildman–Crippen MR) is 95.5 cm³/mol. The van der Waals surface area contributed by atoms with Crippen molar-refractivity contribution in [3.63, 3.8) is 0 Å². The molecule has 0 N–H and O–H groups in total. The first-order chi connectivity index (χ1) is 11.6. The molecule has 0 unspecified atom stereocenters. The molecule has 0 aliphatic heterocycles. The number of aromatic nitrogens is 4. The van der Waals surface area contributed by atoms with E-state index in [4.69, 9.17) is 0 Å². The fourth-order valence-electron chi connectivity index (χ4n) is 3.49. The molecule has 3 aromatic rings. The molecule has 1 aliphatic carbocycles. The van der Waals surface area contributed by atoms with Gasteiger partial charge in [-0.3, -0.25) is 19.3 Å². The van der Waals surface area contributed by atoms with Crippen LogP contribution < -0.4 is 5.56 Å². The number of rotatable bonds is 3. The monoisotopic (exact) mass is 340 g/mol. The molecule has 2 atom stereocenters. The number of hydrogen-bond acceptors (Lipinski definition) is 5. The zero-order valence-corrected chi connectivity index (χ0v) is 14.7. The third-order valence-electron chi connectivity index (χ3n) is 4.84. The maximum absolute atomic E-state index is 13.1. The number of aryl methyl sites for hydroxylation is 1. The lowest BCUT2D eigenvalue weighted by molar-refractivity contribution is 0.506. The zero-order valence-electron chi connectivity index (χ0n) is 13.9. The van der Waals surface area contributed by atoms with Crippen LogP contribution in [-0.4, -0.2) is 19.5 Å². The highest BCUT2D eigenvalue weighted by Gasteiger charge is 2.23. The summed E-state index contributed by atoms with van der Waals surface area (Å²) in [5.74, 6) is 0.698. The van der Waals surface area contributed by atoms with Gasteiger partial charge in [-0.05, 0) is 37.7 Å². The van der Waals surface area contributed by atoms with Crippen LogP contribution in [0.3, 0.4) is 0 Å². The number of nitrogens with zero attached hydrogens (tertiary/aromatic N) is 4. The van der Waals surface area contributed by atoms with Crippen molar-refractivity contribution in [1.29, 1.82) is 0 Å². The SMILES string of the molecule is C[C@@H]1CCc2c(sc3ncn([C@H](C)Cc4cnccn4)c(=O)c23)C1. The summed E-state index contributed by atoms with van der Waals surface area (Å²) in [7, 11) is 0. The van der Waals surface area contributed by atoms with E-state index < -0.39 is 0 Å². The Kier molecular flexibility index (Phi) is 3.92. The highest BCUT2D eigenvalue weighted by Crippen LogP contribution is 2.35. The Labute approximate surface area is 144 Å². The minimum absolute atomic E-state index is 0.00386. The quantitative estimate of drug-likeness (QED) is 0.735. The van der Waals surface area contributed by atoms with Crippen LogP contribution in [0.2, 0.25) is 0 Å². The second kappa shape index (κ2) is 6.09. The average molecular weight is 340 g/mol. The highest BCUT2D eigenvalue weighted by molar-refractivity contribution is 7.18. The van der Waals surface area contributed by atoms with E-state index in [9.17, 15) is 4.79 Å². The molecule has 0 bridgehead atoms. The summed E-state index contributed by atoms with van der Waals surface area (Å²) in [6.45, 7) is 4.31. The lowest BCUT2D eigenvalue weighted by Crippen LogP contribution is -2.25. The lowest BCUT2D eigenvalue weighted by Gasteiger charge is -2.18. The van der Waals surface area contributed by atoms with E-state index in [1.807, 2.05) is 6.92 Å². The number of fused-ring (bicyclic) bond motifs is 3. The van der Waals surface area contributed by atoms with Crippen molar-refractivity contribution in [3.8, 4) is 0 Å². The third-order valence-corrected chi connectivity index (χ3v) is 6.00. The van der Waals surface area contributed by atoms with E-state index >= 15 is 0 Å². The molecule has 0 spiro atoms. The van der Waals surface area contributed by atoms with Gasteiger partial charge in [0.2, 0.25) is 0 Å². The van der Waals surface area contributed by atoms with Crippen LogP contribution >= 0.6 is 11.3 Å². The van der Waals surface area contributed by atoms with Gasteiger partial charge in [0.05, 0.1) is 17.4 Å². The van der Waals surface area contributed by atoms with Gasteiger partial charge < -0.3 is 0 Å². The van der Waals surface area contributed by atoms with Gasteiger partial charge in [0.1, 0.15) is 4.83 Å². The molecule has 0 saturated heterocycles. The first-order valence-electron chi connectivity index (χ1n) is 8.39. The highest BCUT2D eigenvalue weighted by atomic mass is 32.1. The van der Waals surface area contributed by atoms with E-state index in [2.05, 4.69) is 21.9 Å². The Balaban J connectivity index is 1.74. The van der Waals surface area contributed by atoms with Gasteiger partial charge in [0, 0.05) is 35.9 Å². The number of hydrogen-bond donors (Lipinski definition) is 0. The standard InChI is InChI=1S/C18H20N4OS/c1-11-3-4-14-15(7-11)24-17-16(14)18(23)22(10-21-17)12(2)8-13-9-19-5-6-20-13/h5-6,9-12H,3-4,7-8H2,1-2H3/t11-,12-/m1/s1.